The summed E-state index contributed by atoms with van der Waals surface area (Å²) in [6.45, 7) is 3.44. The average Bonchev–Trinajstić information content (AvgIpc) is 1.30. The number of hydrogen-bond donors (Lipinski definition) is 1. The van der Waals surface area contributed by atoms with Crippen LogP contribution in [0.25, 0.3) is 0 Å². The quantitative estimate of drug-likeness (QED) is 0.538. The van der Waals surface area contributed by atoms with Crippen molar-refractivity contribution >= 4 is 0 Å². The third-order valence-corrected chi connectivity index (χ3v) is 0.612. The molecule has 1 heteroatoms. The molecule has 0 aromatic carbocycles. The summed E-state index contributed by atoms with van der Waals surface area (Å²) in [5, 5.41) is 8.68. The molecule has 0 saturated carbocycles. The molecule has 0 aliphatic heterocycles. The summed E-state index contributed by atoms with van der Waals surface area (Å²) in [4.78, 5) is 0. The van der Waals surface area contributed by atoms with Crippen LogP contribution in [0.3, 0.4) is 0 Å². The zero-order valence-corrected chi connectivity index (χ0v) is 4.36. The van der Waals surface area contributed by atoms with E-state index >= 15 is 0 Å². The Balaban J connectivity index is 3.15. The Morgan fingerprint density at radius 3 is 2.50 bits per heavy atom. The molecule has 0 rings (SSSR count). The predicted molar refractivity (Wildman–Crippen MR) is 26.6 cm³/mol. The SMILES string of the molecule is [2H]C(C)(O)CCC. The summed E-state index contributed by atoms with van der Waals surface area (Å²) >= 11 is 0. The fraction of sp³-hybridized carbons (Fsp3) is 1.00. The summed E-state index contributed by atoms with van der Waals surface area (Å²) in [6, 6.07) is 0. The highest BCUT2D eigenvalue weighted by molar-refractivity contribution is 4.40. The highest BCUT2D eigenvalue weighted by Gasteiger charge is 1.87. The van der Waals surface area contributed by atoms with Gasteiger partial charge in [-0.1, -0.05) is 13.3 Å². The van der Waals surface area contributed by atoms with Crippen LogP contribution in [-0.2, 0) is 0 Å². The van der Waals surface area contributed by atoms with Crippen molar-refractivity contribution in [1.82, 2.24) is 0 Å². The molecule has 1 nitrogen and oxygen atoms in total. The van der Waals surface area contributed by atoms with Crippen molar-refractivity contribution in [3.8, 4) is 0 Å². The van der Waals surface area contributed by atoms with Crippen molar-refractivity contribution in [3.63, 3.8) is 0 Å². The maximum Gasteiger partial charge on any atom is 0.0597 e. The van der Waals surface area contributed by atoms with Gasteiger partial charge >= 0.3 is 0 Å². The molecule has 0 aromatic heterocycles. The maximum absolute atomic E-state index is 8.68. The minimum Gasteiger partial charge on any atom is -0.393 e. The minimum absolute atomic E-state index is 0.562. The second-order valence-electron chi connectivity index (χ2n) is 1.49. The molecule has 0 aromatic rings. The Kier molecular flexibility index (Phi) is 2.18. The first-order valence-electron chi connectivity index (χ1n) is 2.78. The normalized spacial score (nSPS) is 22.2. The average molecular weight is 89.2 g/mol. The lowest BCUT2D eigenvalue weighted by Gasteiger charge is -1.95. The molecule has 0 fully saturated rings. The van der Waals surface area contributed by atoms with E-state index in [1.54, 1.807) is 0 Å². The van der Waals surface area contributed by atoms with Gasteiger partial charge in [0.2, 0.25) is 0 Å². The molecule has 0 aliphatic rings. The first-order valence-corrected chi connectivity index (χ1v) is 2.28. The van der Waals surface area contributed by atoms with Gasteiger partial charge in [0.15, 0.2) is 0 Å². The first kappa shape index (κ1) is 4.13. The van der Waals surface area contributed by atoms with Gasteiger partial charge in [0, 0.05) is 0 Å². The van der Waals surface area contributed by atoms with Crippen LogP contribution >= 0.6 is 0 Å². The molecule has 0 heterocycles. The van der Waals surface area contributed by atoms with E-state index < -0.39 is 6.08 Å². The van der Waals surface area contributed by atoms with Crippen LogP contribution in [0.1, 0.15) is 28.1 Å². The van der Waals surface area contributed by atoms with E-state index in [1.807, 2.05) is 6.92 Å². The van der Waals surface area contributed by atoms with Crippen molar-refractivity contribution in [2.45, 2.75) is 32.8 Å². The van der Waals surface area contributed by atoms with Crippen LogP contribution in [0.5, 0.6) is 0 Å². The fourth-order valence-electron chi connectivity index (χ4n) is 0.362. The highest BCUT2D eigenvalue weighted by Crippen LogP contribution is 1.91. The van der Waals surface area contributed by atoms with Gasteiger partial charge in [-0.05, 0) is 13.3 Å². The van der Waals surface area contributed by atoms with Gasteiger partial charge in [0.1, 0.15) is 0 Å². The summed E-state index contributed by atoms with van der Waals surface area (Å²) < 4.78 is 6.89. The molecule has 0 saturated heterocycles. The van der Waals surface area contributed by atoms with Gasteiger partial charge in [-0.25, -0.2) is 0 Å². The second kappa shape index (κ2) is 3.16. The van der Waals surface area contributed by atoms with Gasteiger partial charge < -0.3 is 5.11 Å². The zero-order valence-electron chi connectivity index (χ0n) is 5.36. The van der Waals surface area contributed by atoms with E-state index in [0.717, 1.165) is 6.42 Å². The monoisotopic (exact) mass is 89.1 g/mol. The van der Waals surface area contributed by atoms with Crippen molar-refractivity contribution in [1.29, 1.82) is 0 Å². The fourth-order valence-corrected chi connectivity index (χ4v) is 0.362. The molecule has 0 aliphatic carbocycles. The Morgan fingerprint density at radius 2 is 2.50 bits per heavy atom. The van der Waals surface area contributed by atoms with E-state index in [1.165, 1.54) is 6.92 Å². The lowest BCUT2D eigenvalue weighted by Crippen LogP contribution is -1.95. The summed E-state index contributed by atoms with van der Waals surface area (Å²) in [6.07, 6.45) is 0.234. The molecule has 6 heavy (non-hydrogen) atoms. The largest absolute Gasteiger partial charge is 0.393 e. The Hall–Kier alpha value is -0.0400. The van der Waals surface area contributed by atoms with E-state index in [4.69, 9.17) is 6.48 Å². The Labute approximate surface area is 40.4 Å². The van der Waals surface area contributed by atoms with Crippen molar-refractivity contribution < 1.29 is 6.48 Å². The highest BCUT2D eigenvalue weighted by atomic mass is 16.3. The van der Waals surface area contributed by atoms with Gasteiger partial charge in [-0.15, -0.1) is 0 Å². The van der Waals surface area contributed by atoms with Gasteiger partial charge in [-0.3, -0.25) is 0 Å². The number of aliphatic hydroxyl groups is 1. The van der Waals surface area contributed by atoms with Crippen molar-refractivity contribution in [2.24, 2.45) is 0 Å². The van der Waals surface area contributed by atoms with E-state index in [9.17, 15) is 0 Å². The molecular formula is C5H12O. The lowest BCUT2D eigenvalue weighted by molar-refractivity contribution is 0.183. The third kappa shape index (κ3) is 3.96. The topological polar surface area (TPSA) is 20.2 Å². The van der Waals surface area contributed by atoms with Crippen LogP contribution in [0, 0.1) is 0 Å². The van der Waals surface area contributed by atoms with E-state index in [0.29, 0.717) is 6.42 Å². The predicted octanol–water partition coefficient (Wildman–Crippen LogP) is 1.17. The number of rotatable bonds is 2. The molecule has 0 bridgehead atoms. The van der Waals surface area contributed by atoms with Crippen LogP contribution < -0.4 is 0 Å². The molecule has 1 atom stereocenters. The zero-order chi connectivity index (χ0) is 5.91. The van der Waals surface area contributed by atoms with Crippen LogP contribution in [-0.4, -0.2) is 11.2 Å². The smallest absolute Gasteiger partial charge is 0.0597 e. The summed E-state index contributed by atoms with van der Waals surface area (Å²) in [5.41, 5.74) is 0. The summed E-state index contributed by atoms with van der Waals surface area (Å²) in [7, 11) is 0. The third-order valence-electron chi connectivity index (χ3n) is 0.612. The molecular weight excluding hydrogens is 76.1 g/mol. The molecule has 0 radical (unpaired) electrons. The van der Waals surface area contributed by atoms with E-state index in [-0.39, 0.29) is 0 Å². The lowest BCUT2D eigenvalue weighted by atomic mass is 10.2. The molecule has 38 valence electrons. The molecule has 0 spiro atoms. The van der Waals surface area contributed by atoms with Gasteiger partial charge in [0.05, 0.1) is 7.45 Å². The van der Waals surface area contributed by atoms with Crippen molar-refractivity contribution in [3.05, 3.63) is 0 Å². The molecule has 0 amide bonds. The van der Waals surface area contributed by atoms with Gasteiger partial charge in [0.25, 0.3) is 0 Å². The van der Waals surface area contributed by atoms with Crippen LogP contribution in [0.2, 0.25) is 0 Å². The standard InChI is InChI=1S/C5H12O/c1-3-4-5(2)6/h5-6H,3-4H2,1-2H3/i5D. The van der Waals surface area contributed by atoms with E-state index in [2.05, 4.69) is 0 Å². The first-order chi connectivity index (χ1) is 3.06. The minimum atomic E-state index is -1.20. The maximum atomic E-state index is 8.68. The van der Waals surface area contributed by atoms with Crippen LogP contribution in [0.4, 0.5) is 0 Å². The van der Waals surface area contributed by atoms with Crippen molar-refractivity contribution in [2.75, 3.05) is 0 Å². The Morgan fingerprint density at radius 1 is 2.00 bits per heavy atom. The molecule has 1 N–H and O–H groups in total. The summed E-state index contributed by atoms with van der Waals surface area (Å²) in [5.74, 6) is 0. The van der Waals surface area contributed by atoms with Crippen LogP contribution in [0.15, 0.2) is 0 Å². The molecule has 1 unspecified atom stereocenters. The second-order valence-corrected chi connectivity index (χ2v) is 1.49. The number of hydrogen-bond acceptors (Lipinski definition) is 1. The Bertz CT molecular complexity index is 46.5. The van der Waals surface area contributed by atoms with Gasteiger partial charge in [-0.2, -0.15) is 0 Å².